The van der Waals surface area contributed by atoms with E-state index in [-0.39, 0.29) is 11.8 Å². The van der Waals surface area contributed by atoms with Gasteiger partial charge >= 0.3 is 0 Å². The predicted molar refractivity (Wildman–Crippen MR) is 109 cm³/mol. The molecule has 0 radical (unpaired) electrons. The Hall–Kier alpha value is -2.25. The molecule has 1 aliphatic rings. The minimum atomic E-state index is -0.0813. The molecule has 1 fully saturated rings. The van der Waals surface area contributed by atoms with E-state index in [0.29, 0.717) is 24.7 Å². The van der Waals surface area contributed by atoms with Crippen LogP contribution < -0.4 is 4.90 Å². The van der Waals surface area contributed by atoms with Gasteiger partial charge in [-0.25, -0.2) is 0 Å². The highest BCUT2D eigenvalue weighted by atomic mass is 32.2. The topological polar surface area (TPSA) is 59.2 Å². The third kappa shape index (κ3) is 3.75. The lowest BCUT2D eigenvalue weighted by atomic mass is 10.1. The summed E-state index contributed by atoms with van der Waals surface area (Å²) in [6.07, 6.45) is 4.45. The zero-order chi connectivity index (χ0) is 18.8. The van der Waals surface area contributed by atoms with E-state index in [1.165, 1.54) is 4.90 Å². The highest BCUT2D eigenvalue weighted by Crippen LogP contribution is 2.33. The van der Waals surface area contributed by atoms with Crippen molar-refractivity contribution in [2.24, 2.45) is 0 Å². The molecule has 0 N–H and O–H groups in total. The van der Waals surface area contributed by atoms with Crippen molar-refractivity contribution < 1.29 is 9.32 Å². The molecule has 0 aliphatic carbocycles. The Morgan fingerprint density at radius 3 is 2.59 bits per heavy atom. The molecule has 0 saturated carbocycles. The number of hydrogen-bond donors (Lipinski definition) is 0. The summed E-state index contributed by atoms with van der Waals surface area (Å²) in [5.74, 6) is 1.09. The lowest BCUT2D eigenvalue weighted by Gasteiger charge is -2.16. The molecule has 3 aromatic rings. The summed E-state index contributed by atoms with van der Waals surface area (Å²) in [4.78, 5) is 21.2. The smallest absolute Gasteiger partial charge is 0.232 e. The summed E-state index contributed by atoms with van der Waals surface area (Å²) in [6, 6.07) is 16.1. The van der Waals surface area contributed by atoms with Crippen molar-refractivity contribution in [3.8, 4) is 11.4 Å². The van der Waals surface area contributed by atoms with Crippen LogP contribution in [0.1, 0.15) is 18.2 Å². The van der Waals surface area contributed by atoms with Gasteiger partial charge in [0.2, 0.25) is 17.6 Å². The minimum Gasteiger partial charge on any atom is -0.339 e. The molecular formula is C20H19N3O2S2. The highest BCUT2D eigenvalue weighted by Gasteiger charge is 2.35. The van der Waals surface area contributed by atoms with Gasteiger partial charge in [0.15, 0.2) is 0 Å². The van der Waals surface area contributed by atoms with Crippen molar-refractivity contribution >= 4 is 35.1 Å². The molecule has 7 heteroatoms. The third-order valence-corrected chi connectivity index (χ3v) is 6.10. The molecule has 1 amide bonds. The number of nitrogens with zero attached hydrogens (tertiary/aromatic N) is 3. The van der Waals surface area contributed by atoms with Gasteiger partial charge in [0.25, 0.3) is 0 Å². The molecule has 1 atom stereocenters. The van der Waals surface area contributed by atoms with E-state index in [2.05, 4.69) is 10.1 Å². The molecule has 138 valence electrons. The van der Waals surface area contributed by atoms with Crippen LogP contribution in [0.5, 0.6) is 0 Å². The van der Waals surface area contributed by atoms with Crippen LogP contribution in [0.2, 0.25) is 0 Å². The van der Waals surface area contributed by atoms with Gasteiger partial charge in [-0.05, 0) is 55.0 Å². The number of thioether (sulfide) groups is 2. The Morgan fingerprint density at radius 1 is 1.07 bits per heavy atom. The Bertz CT molecular complexity index is 956. The van der Waals surface area contributed by atoms with Crippen molar-refractivity contribution in [2.75, 3.05) is 24.0 Å². The van der Waals surface area contributed by atoms with Gasteiger partial charge in [0, 0.05) is 34.0 Å². The van der Waals surface area contributed by atoms with Gasteiger partial charge in [-0.1, -0.05) is 11.2 Å². The summed E-state index contributed by atoms with van der Waals surface area (Å²) in [7, 11) is 0. The molecule has 5 nitrogen and oxygen atoms in total. The van der Waals surface area contributed by atoms with E-state index in [0.717, 1.165) is 16.1 Å². The SMILES string of the molecule is CSc1ccc(-c2noc(C3CC(=O)N(c4cccc(SC)c4)C3)n2)cc1. The fraction of sp³-hybridized carbons (Fsp3) is 0.250. The van der Waals surface area contributed by atoms with Gasteiger partial charge < -0.3 is 9.42 Å². The average molecular weight is 398 g/mol. The number of benzene rings is 2. The standard InChI is InChI=1S/C20H19N3O2S2/c1-26-16-8-6-13(7-9-16)19-21-20(25-22-19)14-10-18(24)23(12-14)15-4-3-5-17(11-15)27-2/h3-9,11,14H,10,12H2,1-2H3. The van der Waals surface area contributed by atoms with E-state index in [1.54, 1.807) is 23.5 Å². The van der Waals surface area contributed by atoms with Crippen molar-refractivity contribution in [3.05, 3.63) is 54.4 Å². The zero-order valence-corrected chi connectivity index (χ0v) is 16.7. The fourth-order valence-electron chi connectivity index (χ4n) is 3.16. The molecular weight excluding hydrogens is 378 g/mol. The first-order chi connectivity index (χ1) is 13.2. The zero-order valence-electron chi connectivity index (χ0n) is 15.1. The van der Waals surface area contributed by atoms with E-state index in [4.69, 9.17) is 4.52 Å². The van der Waals surface area contributed by atoms with Gasteiger partial charge in [-0.3, -0.25) is 4.79 Å². The maximum absolute atomic E-state index is 12.5. The van der Waals surface area contributed by atoms with Crippen molar-refractivity contribution in [3.63, 3.8) is 0 Å². The Labute approximate surface area is 166 Å². The number of aromatic nitrogens is 2. The monoisotopic (exact) mass is 397 g/mol. The van der Waals surface area contributed by atoms with Crippen LogP contribution in [0.25, 0.3) is 11.4 Å². The molecule has 1 aromatic heterocycles. The quantitative estimate of drug-likeness (QED) is 0.582. The summed E-state index contributed by atoms with van der Waals surface area (Å²) in [5, 5.41) is 4.11. The van der Waals surface area contributed by atoms with E-state index in [1.807, 2.05) is 65.9 Å². The van der Waals surface area contributed by atoms with Crippen LogP contribution in [0.15, 0.2) is 62.8 Å². The van der Waals surface area contributed by atoms with Crippen LogP contribution in [-0.4, -0.2) is 35.1 Å². The van der Waals surface area contributed by atoms with Crippen LogP contribution in [0, 0.1) is 0 Å². The minimum absolute atomic E-state index is 0.0813. The van der Waals surface area contributed by atoms with E-state index in [9.17, 15) is 4.79 Å². The number of amides is 1. The lowest BCUT2D eigenvalue weighted by Crippen LogP contribution is -2.24. The predicted octanol–water partition coefficient (Wildman–Crippen LogP) is 4.70. The summed E-state index contributed by atoms with van der Waals surface area (Å²) < 4.78 is 5.49. The molecule has 0 spiro atoms. The average Bonchev–Trinajstić information content (AvgIpc) is 3.35. The van der Waals surface area contributed by atoms with Crippen molar-refractivity contribution in [1.29, 1.82) is 0 Å². The number of carbonyl (C=O) groups excluding carboxylic acids is 1. The second-order valence-electron chi connectivity index (χ2n) is 6.29. The van der Waals surface area contributed by atoms with Gasteiger partial charge in [-0.2, -0.15) is 4.98 Å². The highest BCUT2D eigenvalue weighted by molar-refractivity contribution is 7.98. The molecule has 1 unspecified atom stereocenters. The van der Waals surface area contributed by atoms with Crippen LogP contribution in [0.3, 0.4) is 0 Å². The van der Waals surface area contributed by atoms with E-state index >= 15 is 0 Å². The van der Waals surface area contributed by atoms with Crippen LogP contribution in [-0.2, 0) is 4.79 Å². The van der Waals surface area contributed by atoms with Gasteiger partial charge in [-0.15, -0.1) is 23.5 Å². The van der Waals surface area contributed by atoms with E-state index < -0.39 is 0 Å². The first-order valence-corrected chi connectivity index (χ1v) is 11.1. The second kappa shape index (κ2) is 7.78. The summed E-state index contributed by atoms with van der Waals surface area (Å²) in [5.41, 5.74) is 1.83. The summed E-state index contributed by atoms with van der Waals surface area (Å²) in [6.45, 7) is 0.559. The maximum atomic E-state index is 12.5. The van der Waals surface area contributed by atoms with Gasteiger partial charge in [0.1, 0.15) is 0 Å². The fourth-order valence-corrected chi connectivity index (χ4v) is 4.02. The molecule has 2 aromatic carbocycles. The van der Waals surface area contributed by atoms with Crippen molar-refractivity contribution in [2.45, 2.75) is 22.1 Å². The number of rotatable bonds is 5. The third-order valence-electron chi connectivity index (χ3n) is 4.63. The first kappa shape index (κ1) is 18.1. The largest absolute Gasteiger partial charge is 0.339 e. The molecule has 27 heavy (non-hydrogen) atoms. The molecule has 1 aliphatic heterocycles. The lowest BCUT2D eigenvalue weighted by molar-refractivity contribution is -0.117. The summed E-state index contributed by atoms with van der Waals surface area (Å²) >= 11 is 3.35. The Balaban J connectivity index is 1.53. The number of hydrogen-bond acceptors (Lipinski definition) is 6. The number of anilines is 1. The van der Waals surface area contributed by atoms with Crippen LogP contribution >= 0.6 is 23.5 Å². The molecule has 0 bridgehead atoms. The maximum Gasteiger partial charge on any atom is 0.232 e. The second-order valence-corrected chi connectivity index (χ2v) is 8.05. The van der Waals surface area contributed by atoms with Crippen molar-refractivity contribution in [1.82, 2.24) is 10.1 Å². The molecule has 1 saturated heterocycles. The molecule has 2 heterocycles. The van der Waals surface area contributed by atoms with Crippen LogP contribution in [0.4, 0.5) is 5.69 Å². The first-order valence-electron chi connectivity index (χ1n) is 8.60. The normalized spacial score (nSPS) is 16.9. The number of carbonyl (C=O) groups is 1. The Kier molecular flexibility index (Phi) is 5.22. The van der Waals surface area contributed by atoms with Gasteiger partial charge in [0.05, 0.1) is 5.92 Å². The molecule has 4 rings (SSSR count). The Morgan fingerprint density at radius 2 is 1.85 bits per heavy atom.